The second kappa shape index (κ2) is 8.27. The standard InChI is InChI=1S/C11H9ClINO2.Cl3OP/c1-15-9-3-6-8(4-10(9)16-2)14-5-7(13)11(6)12;1-5(2,3)4/h3-5H,1-2H3;. The van der Waals surface area contributed by atoms with Crippen molar-refractivity contribution in [1.82, 2.24) is 4.98 Å². The first-order chi connectivity index (χ1) is 9.67. The van der Waals surface area contributed by atoms with Crippen LogP contribution in [0.1, 0.15) is 0 Å². The lowest BCUT2D eigenvalue weighted by molar-refractivity contribution is 0.356. The van der Waals surface area contributed by atoms with E-state index in [0.717, 1.165) is 14.5 Å². The first-order valence-corrected chi connectivity index (χ1v) is 11.1. The van der Waals surface area contributed by atoms with Crippen LogP contribution < -0.4 is 9.47 Å². The molecule has 1 aromatic carbocycles. The number of halogens is 5. The number of methoxy groups -OCH3 is 2. The Labute approximate surface area is 154 Å². The number of aromatic nitrogens is 1. The highest BCUT2D eigenvalue weighted by Gasteiger charge is 2.10. The van der Waals surface area contributed by atoms with Gasteiger partial charge < -0.3 is 9.47 Å². The van der Waals surface area contributed by atoms with Gasteiger partial charge in [-0.2, -0.15) is 0 Å². The molecular formula is C11H9Cl4INO3P. The Morgan fingerprint density at radius 1 is 1.14 bits per heavy atom. The van der Waals surface area contributed by atoms with Crippen LogP contribution in [-0.4, -0.2) is 19.2 Å². The average Bonchev–Trinajstić information content (AvgIpc) is 2.40. The van der Waals surface area contributed by atoms with Crippen LogP contribution in [0.15, 0.2) is 18.3 Å². The van der Waals surface area contributed by atoms with Gasteiger partial charge in [0.1, 0.15) is 0 Å². The molecule has 1 heterocycles. The lowest BCUT2D eigenvalue weighted by Gasteiger charge is -2.09. The topological polar surface area (TPSA) is 48.4 Å². The summed E-state index contributed by atoms with van der Waals surface area (Å²) in [5.41, 5.74) is 0.795. The van der Waals surface area contributed by atoms with Crippen LogP contribution in [0.2, 0.25) is 5.02 Å². The van der Waals surface area contributed by atoms with E-state index in [0.29, 0.717) is 16.5 Å². The molecule has 0 bridgehead atoms. The number of pyridine rings is 1. The van der Waals surface area contributed by atoms with Crippen LogP contribution in [0.4, 0.5) is 0 Å². The van der Waals surface area contributed by atoms with Crippen molar-refractivity contribution in [2.45, 2.75) is 0 Å². The van der Waals surface area contributed by atoms with Crippen molar-refractivity contribution in [3.05, 3.63) is 26.9 Å². The molecule has 0 radical (unpaired) electrons. The van der Waals surface area contributed by atoms with E-state index in [2.05, 4.69) is 61.3 Å². The number of fused-ring (bicyclic) bond motifs is 1. The summed E-state index contributed by atoms with van der Waals surface area (Å²) in [5.74, 6) is 1.31. The molecule has 0 atom stereocenters. The number of benzene rings is 1. The molecule has 4 nitrogen and oxygen atoms in total. The summed E-state index contributed by atoms with van der Waals surface area (Å²) < 4.78 is 20.9. The zero-order valence-corrected chi connectivity index (χ0v) is 16.8. The second-order valence-electron chi connectivity index (χ2n) is 3.54. The summed E-state index contributed by atoms with van der Waals surface area (Å²) in [7, 11) is 3.19. The minimum Gasteiger partial charge on any atom is -0.493 e. The predicted octanol–water partition coefficient (Wildman–Crippen LogP) is 6.32. The molecule has 0 saturated heterocycles. The number of hydrogen-bond donors (Lipinski definition) is 0. The summed E-state index contributed by atoms with van der Waals surface area (Å²) in [6.07, 6.45) is 1.73. The maximum absolute atomic E-state index is 9.51. The highest BCUT2D eigenvalue weighted by atomic mass is 127. The first-order valence-electron chi connectivity index (χ1n) is 5.22. The van der Waals surface area contributed by atoms with Gasteiger partial charge in [-0.15, -0.1) is 0 Å². The Morgan fingerprint density at radius 3 is 2.10 bits per heavy atom. The molecule has 0 N–H and O–H groups in total. The molecule has 1 aromatic heterocycles. The minimum atomic E-state index is -3.22. The molecule has 0 amide bonds. The number of hydrogen-bond acceptors (Lipinski definition) is 4. The van der Waals surface area contributed by atoms with Crippen molar-refractivity contribution in [2.75, 3.05) is 14.2 Å². The fourth-order valence-electron chi connectivity index (χ4n) is 1.46. The lowest BCUT2D eigenvalue weighted by atomic mass is 10.2. The Bertz CT molecular complexity index is 686. The molecule has 10 heteroatoms. The zero-order valence-electron chi connectivity index (χ0n) is 10.7. The highest BCUT2D eigenvalue weighted by Crippen LogP contribution is 2.61. The quantitative estimate of drug-likeness (QED) is 0.356. The van der Waals surface area contributed by atoms with Gasteiger partial charge in [0, 0.05) is 17.6 Å². The number of nitrogens with zero attached hydrogens (tertiary/aromatic N) is 1. The van der Waals surface area contributed by atoms with Gasteiger partial charge in [-0.05, 0) is 62.4 Å². The summed E-state index contributed by atoms with van der Waals surface area (Å²) in [4.78, 5) is 4.30. The Kier molecular flexibility index (Phi) is 7.64. The predicted molar refractivity (Wildman–Crippen MR) is 97.7 cm³/mol. The first kappa shape index (κ1) is 19.4. The molecule has 0 saturated carbocycles. The number of rotatable bonds is 2. The van der Waals surface area contributed by atoms with E-state index in [-0.39, 0.29) is 0 Å². The van der Waals surface area contributed by atoms with E-state index in [9.17, 15) is 4.57 Å². The summed E-state index contributed by atoms with van der Waals surface area (Å²) in [6, 6.07) is 3.65. The smallest absolute Gasteiger partial charge is 0.339 e. The van der Waals surface area contributed by atoms with Gasteiger partial charge in [0.15, 0.2) is 11.5 Å². The largest absolute Gasteiger partial charge is 0.493 e. The van der Waals surface area contributed by atoms with Crippen molar-refractivity contribution >= 4 is 84.0 Å². The van der Waals surface area contributed by atoms with Crippen molar-refractivity contribution in [2.24, 2.45) is 0 Å². The third-order valence-electron chi connectivity index (χ3n) is 2.27. The van der Waals surface area contributed by atoms with Crippen LogP contribution in [-0.2, 0) is 4.57 Å². The van der Waals surface area contributed by atoms with Crippen molar-refractivity contribution < 1.29 is 14.0 Å². The zero-order chi connectivity index (χ0) is 16.2. The maximum Gasteiger partial charge on any atom is 0.339 e. The summed E-state index contributed by atoms with van der Waals surface area (Å²) in [6.45, 7) is 0. The van der Waals surface area contributed by atoms with Crippen molar-refractivity contribution in [3.63, 3.8) is 0 Å². The molecule has 0 aliphatic carbocycles. The monoisotopic (exact) mass is 501 g/mol. The van der Waals surface area contributed by atoms with Gasteiger partial charge in [-0.3, -0.25) is 9.55 Å². The Morgan fingerprint density at radius 2 is 1.62 bits per heavy atom. The molecule has 0 spiro atoms. The average molecular weight is 503 g/mol. The van der Waals surface area contributed by atoms with E-state index in [1.807, 2.05) is 12.1 Å². The molecule has 0 unspecified atom stereocenters. The third kappa shape index (κ3) is 6.16. The molecule has 116 valence electrons. The summed E-state index contributed by atoms with van der Waals surface area (Å²) in [5, 5.41) is -1.67. The van der Waals surface area contributed by atoms with Crippen LogP contribution in [0.25, 0.3) is 10.9 Å². The molecule has 2 aromatic rings. The van der Waals surface area contributed by atoms with Crippen LogP contribution in [0.3, 0.4) is 0 Å². The molecule has 0 aliphatic rings. The minimum absolute atomic E-state index is 0.653. The van der Waals surface area contributed by atoms with Crippen LogP contribution >= 0.6 is 73.1 Å². The Hall–Kier alpha value is 0.350. The van der Waals surface area contributed by atoms with E-state index in [1.54, 1.807) is 20.4 Å². The van der Waals surface area contributed by atoms with Gasteiger partial charge in [0.25, 0.3) is 0 Å². The second-order valence-corrected chi connectivity index (χ2v) is 11.7. The van der Waals surface area contributed by atoms with Gasteiger partial charge in [-0.1, -0.05) is 11.6 Å². The molecule has 2 rings (SSSR count). The summed E-state index contributed by atoms with van der Waals surface area (Å²) >= 11 is 22.2. The fraction of sp³-hybridized carbons (Fsp3) is 0.182. The van der Waals surface area contributed by atoms with Gasteiger partial charge in [0.2, 0.25) is 0 Å². The normalized spacial score (nSPS) is 10.8. The van der Waals surface area contributed by atoms with Gasteiger partial charge >= 0.3 is 5.20 Å². The number of ether oxygens (including phenoxy) is 2. The van der Waals surface area contributed by atoms with Gasteiger partial charge in [-0.25, -0.2) is 0 Å². The highest BCUT2D eigenvalue weighted by molar-refractivity contribution is 14.1. The van der Waals surface area contributed by atoms with E-state index >= 15 is 0 Å². The lowest BCUT2D eigenvalue weighted by Crippen LogP contribution is -1.92. The fourth-order valence-corrected chi connectivity index (χ4v) is 2.09. The van der Waals surface area contributed by atoms with E-state index in [4.69, 9.17) is 21.1 Å². The van der Waals surface area contributed by atoms with Crippen molar-refractivity contribution in [3.8, 4) is 11.5 Å². The van der Waals surface area contributed by atoms with Crippen LogP contribution in [0.5, 0.6) is 11.5 Å². The Balaban J connectivity index is 0.000000383. The molecule has 0 aliphatic heterocycles. The molecule has 0 fully saturated rings. The SMILES string of the molecule is COc1cc2ncc(I)c(Cl)c2cc1OC.O=P(Cl)(Cl)Cl. The maximum atomic E-state index is 9.51. The molecule has 21 heavy (non-hydrogen) atoms. The van der Waals surface area contributed by atoms with Crippen molar-refractivity contribution in [1.29, 1.82) is 0 Å². The van der Waals surface area contributed by atoms with E-state index in [1.165, 1.54) is 0 Å². The van der Waals surface area contributed by atoms with Gasteiger partial charge in [0.05, 0.1) is 28.3 Å². The third-order valence-corrected chi connectivity index (χ3v) is 3.81. The van der Waals surface area contributed by atoms with Crippen LogP contribution in [0, 0.1) is 3.57 Å². The molecular weight excluding hydrogens is 494 g/mol. The van der Waals surface area contributed by atoms with E-state index < -0.39 is 5.20 Å².